The van der Waals surface area contributed by atoms with Gasteiger partial charge in [0.15, 0.2) is 20.0 Å². The standard InChI is InChI=1S/2C7H5Cl2N2O.BFO2/c2*1-12-5-3-2-4(11-10)6(8)7(5)9;2-1(3)4/h2*2-3H,1H3;/q2*+1;-2. The van der Waals surface area contributed by atoms with Gasteiger partial charge in [-0.3, -0.25) is 0 Å². The number of ether oxygens (including phenoxy) is 2. The lowest BCUT2D eigenvalue weighted by Gasteiger charge is -2.09. The molecule has 0 aliphatic carbocycles. The summed E-state index contributed by atoms with van der Waals surface area (Å²) >= 11 is 22.9. The Balaban J connectivity index is 0.000000439. The first-order valence-electron chi connectivity index (χ1n) is 6.84. The van der Waals surface area contributed by atoms with Gasteiger partial charge in [-0.25, -0.2) is 0 Å². The highest BCUT2D eigenvalue weighted by atomic mass is 35.5. The Morgan fingerprint density at radius 2 is 1.07 bits per heavy atom. The fourth-order valence-electron chi connectivity index (χ4n) is 1.51. The Bertz CT molecular complexity index is 821. The smallest absolute Gasteiger partial charge is 0.405 e. The lowest BCUT2D eigenvalue weighted by Crippen LogP contribution is -2.39. The van der Waals surface area contributed by atoms with Crippen molar-refractivity contribution in [2.24, 2.45) is 0 Å². The van der Waals surface area contributed by atoms with Crippen molar-refractivity contribution in [1.82, 2.24) is 0 Å². The second-order valence-electron chi connectivity index (χ2n) is 4.30. The van der Waals surface area contributed by atoms with Gasteiger partial charge < -0.3 is 23.8 Å². The second-order valence-corrected chi connectivity index (χ2v) is 5.82. The van der Waals surface area contributed by atoms with E-state index in [1.54, 1.807) is 12.1 Å². The third kappa shape index (κ3) is 7.91. The van der Waals surface area contributed by atoms with E-state index in [2.05, 4.69) is 9.95 Å². The molecule has 0 spiro atoms. The van der Waals surface area contributed by atoms with Crippen molar-refractivity contribution in [2.45, 2.75) is 0 Å². The molecule has 0 atom stereocenters. The molecule has 0 N–H and O–H groups in total. The molecule has 0 saturated carbocycles. The van der Waals surface area contributed by atoms with Crippen LogP contribution in [0.3, 0.4) is 0 Å². The van der Waals surface area contributed by atoms with Crippen LogP contribution in [0.1, 0.15) is 0 Å². The molecule has 2 rings (SSSR count). The number of diazo groups is 2. The number of hydrogen-bond acceptors (Lipinski definition) is 6. The van der Waals surface area contributed by atoms with Gasteiger partial charge in [0.1, 0.15) is 28.9 Å². The lowest BCUT2D eigenvalue weighted by molar-refractivity contribution is -0.366. The maximum atomic E-state index is 9.89. The average Bonchev–Trinajstić information content (AvgIpc) is 2.66. The van der Waals surface area contributed by atoms with E-state index < -0.39 is 7.40 Å². The largest absolute Gasteiger partial charge is 0.867 e. The quantitative estimate of drug-likeness (QED) is 0.466. The zero-order valence-corrected chi connectivity index (χ0v) is 17.2. The zero-order valence-electron chi connectivity index (χ0n) is 14.2. The normalized spacial score (nSPS) is 8.82. The number of nitrogens with zero attached hydrogens (tertiary/aromatic N) is 4. The van der Waals surface area contributed by atoms with Gasteiger partial charge in [0.05, 0.1) is 14.2 Å². The predicted octanol–water partition coefficient (Wildman–Crippen LogP) is 4.63. The summed E-state index contributed by atoms with van der Waals surface area (Å²) in [6, 6.07) is 6.16. The highest BCUT2D eigenvalue weighted by Gasteiger charge is 2.19. The first kappa shape index (κ1) is 26.0. The number of benzene rings is 2. The minimum atomic E-state index is -3.17. The van der Waals surface area contributed by atoms with Crippen LogP contribution in [0.25, 0.3) is 9.95 Å². The molecule has 0 radical (unpaired) electrons. The van der Waals surface area contributed by atoms with Crippen LogP contribution in [-0.2, 0) is 0 Å². The summed E-state index contributed by atoms with van der Waals surface area (Å²) in [5, 5.41) is 34.4. The summed E-state index contributed by atoms with van der Waals surface area (Å²) in [7, 11) is -0.208. The first-order chi connectivity index (χ1) is 13.1. The van der Waals surface area contributed by atoms with Crippen LogP contribution in [0.15, 0.2) is 24.3 Å². The van der Waals surface area contributed by atoms with Crippen LogP contribution in [0.2, 0.25) is 20.1 Å². The SMILES string of the molecule is COc1ccc([N+]#N)c(Cl)c1Cl.COc1ccc([N+]#N)c(Cl)c1Cl.[O-]B([O-])F. The molecule has 0 heterocycles. The van der Waals surface area contributed by atoms with Gasteiger partial charge in [-0.1, -0.05) is 46.4 Å². The molecule has 148 valence electrons. The van der Waals surface area contributed by atoms with Crippen molar-refractivity contribution in [3.8, 4) is 11.5 Å². The van der Waals surface area contributed by atoms with Crippen LogP contribution in [0.4, 0.5) is 15.7 Å². The molecule has 8 nitrogen and oxygen atoms in total. The number of halogens is 5. The molecular weight excluding hydrogens is 460 g/mol. The maximum Gasteiger partial charge on any atom is 0.405 e. The zero-order chi connectivity index (χ0) is 21.9. The lowest BCUT2D eigenvalue weighted by atomic mass is 10.3. The molecule has 0 saturated heterocycles. The highest BCUT2D eigenvalue weighted by Crippen LogP contribution is 2.39. The Morgan fingerprint density at radius 1 is 0.786 bits per heavy atom. The molecule has 0 amide bonds. The van der Waals surface area contributed by atoms with Crippen LogP contribution in [0.5, 0.6) is 11.5 Å². The van der Waals surface area contributed by atoms with Gasteiger partial charge in [0.2, 0.25) is 10.8 Å². The summed E-state index contributed by atoms with van der Waals surface area (Å²) in [5.74, 6) is 0.906. The van der Waals surface area contributed by atoms with Gasteiger partial charge in [-0.15, -0.1) is 0 Å². The second kappa shape index (κ2) is 13.2. The monoisotopic (exact) mass is 468 g/mol. The van der Waals surface area contributed by atoms with Gasteiger partial charge in [-0.05, 0) is 12.1 Å². The molecule has 2 aromatic carbocycles. The van der Waals surface area contributed by atoms with Crippen molar-refractivity contribution >= 4 is 65.2 Å². The number of rotatable bonds is 2. The van der Waals surface area contributed by atoms with E-state index in [-0.39, 0.29) is 31.5 Å². The number of hydrogen-bond donors (Lipinski definition) is 0. The van der Waals surface area contributed by atoms with Crippen LogP contribution < -0.4 is 19.5 Å². The van der Waals surface area contributed by atoms with E-state index in [0.29, 0.717) is 11.5 Å². The summed E-state index contributed by atoms with van der Waals surface area (Å²) < 4.78 is 19.7. The fraction of sp³-hybridized carbons (Fsp3) is 0.143. The Hall–Kier alpha value is -2.05. The molecule has 2 aromatic rings. The molecule has 14 heteroatoms. The number of methoxy groups -OCH3 is 2. The van der Waals surface area contributed by atoms with Crippen molar-refractivity contribution < 1.29 is 23.8 Å². The molecule has 0 unspecified atom stereocenters. The Kier molecular flexibility index (Phi) is 12.2. The van der Waals surface area contributed by atoms with Gasteiger partial charge in [0, 0.05) is 12.1 Å². The fourth-order valence-corrected chi connectivity index (χ4v) is 2.37. The summed E-state index contributed by atoms with van der Waals surface area (Å²) in [4.78, 5) is 5.87. The van der Waals surface area contributed by atoms with Crippen LogP contribution >= 0.6 is 46.4 Å². The molecular formula is C14H10BCl4FN4O4. The van der Waals surface area contributed by atoms with Gasteiger partial charge >= 0.3 is 11.4 Å². The molecule has 0 aromatic heterocycles. The van der Waals surface area contributed by atoms with E-state index in [1.807, 2.05) is 0 Å². The van der Waals surface area contributed by atoms with E-state index in [4.69, 9.17) is 76.7 Å². The summed E-state index contributed by atoms with van der Waals surface area (Å²) in [6.45, 7) is 0. The molecule has 0 aliphatic heterocycles. The third-order valence-corrected chi connectivity index (χ3v) is 4.42. The first-order valence-corrected chi connectivity index (χ1v) is 8.35. The van der Waals surface area contributed by atoms with Crippen molar-refractivity contribution in [3.63, 3.8) is 0 Å². The van der Waals surface area contributed by atoms with Gasteiger partial charge in [0.25, 0.3) is 0 Å². The van der Waals surface area contributed by atoms with Crippen molar-refractivity contribution in [2.75, 3.05) is 14.2 Å². The summed E-state index contributed by atoms with van der Waals surface area (Å²) in [6.07, 6.45) is 0. The van der Waals surface area contributed by atoms with E-state index in [9.17, 15) is 4.32 Å². The Morgan fingerprint density at radius 3 is 1.29 bits per heavy atom. The maximum absolute atomic E-state index is 9.89. The van der Waals surface area contributed by atoms with Crippen molar-refractivity contribution in [1.29, 1.82) is 10.8 Å². The molecule has 0 aliphatic rings. The minimum Gasteiger partial charge on any atom is -0.867 e. The predicted molar refractivity (Wildman–Crippen MR) is 102 cm³/mol. The molecule has 28 heavy (non-hydrogen) atoms. The van der Waals surface area contributed by atoms with Crippen LogP contribution in [-0.4, -0.2) is 21.6 Å². The van der Waals surface area contributed by atoms with Crippen molar-refractivity contribution in [3.05, 3.63) is 54.3 Å². The highest BCUT2D eigenvalue weighted by molar-refractivity contribution is 6.45. The third-order valence-electron chi connectivity index (χ3n) is 2.71. The summed E-state index contributed by atoms with van der Waals surface area (Å²) in [5.41, 5.74) is 0.449. The van der Waals surface area contributed by atoms with E-state index >= 15 is 0 Å². The Labute approximate surface area is 179 Å². The molecule has 0 fully saturated rings. The van der Waals surface area contributed by atoms with Gasteiger partial charge in [-0.2, -0.15) is 0 Å². The average molecular weight is 470 g/mol. The minimum absolute atomic E-state index is 0.179. The van der Waals surface area contributed by atoms with Crippen LogP contribution in [0, 0.1) is 10.8 Å². The molecule has 0 bridgehead atoms. The topological polar surface area (TPSA) is 121 Å². The van der Waals surface area contributed by atoms with E-state index in [0.717, 1.165) is 0 Å². The van der Waals surface area contributed by atoms with E-state index in [1.165, 1.54) is 26.4 Å².